The van der Waals surface area contributed by atoms with Gasteiger partial charge in [0.05, 0.1) is 11.5 Å². The molecule has 0 radical (unpaired) electrons. The van der Waals surface area contributed by atoms with Gasteiger partial charge < -0.3 is 11.5 Å². The van der Waals surface area contributed by atoms with Crippen LogP contribution in [-0.4, -0.2) is 45.9 Å². The lowest BCUT2D eigenvalue weighted by Crippen LogP contribution is -2.28. The van der Waals surface area contributed by atoms with Crippen molar-refractivity contribution in [2.75, 3.05) is 23.0 Å². The van der Waals surface area contributed by atoms with E-state index in [0.717, 1.165) is 0 Å². The molecule has 0 aliphatic carbocycles. The third kappa shape index (κ3) is 6.40. The van der Waals surface area contributed by atoms with E-state index in [-0.39, 0.29) is 11.1 Å². The molecule has 0 heterocycles. The van der Waals surface area contributed by atoms with Crippen molar-refractivity contribution in [2.24, 2.45) is 0 Å². The zero-order valence-corrected chi connectivity index (χ0v) is 17.4. The number of benzene rings is 2. The first kappa shape index (κ1) is 23.1. The molecular formula is C16H20N2O8S3. The molecular weight excluding hydrogens is 444 g/mol. The average Bonchev–Trinajstić information content (AvgIpc) is 2.58. The smallest absolute Gasteiger partial charge is 0.273 e. The van der Waals surface area contributed by atoms with E-state index in [1.165, 1.54) is 48.5 Å². The van der Waals surface area contributed by atoms with Crippen LogP contribution in [0.5, 0.6) is 0 Å². The molecule has 2 aromatic carbocycles. The normalized spacial score (nSPS) is 15.0. The summed E-state index contributed by atoms with van der Waals surface area (Å²) in [6.45, 7) is 0. The van der Waals surface area contributed by atoms with Gasteiger partial charge in [-0.3, -0.25) is 9.11 Å². The summed E-state index contributed by atoms with van der Waals surface area (Å²) in [5, 5.41) is -3.72. The molecule has 29 heavy (non-hydrogen) atoms. The lowest BCUT2D eigenvalue weighted by Gasteiger charge is -2.18. The quantitative estimate of drug-likeness (QED) is 0.321. The Morgan fingerprint density at radius 2 is 0.897 bits per heavy atom. The van der Waals surface area contributed by atoms with Crippen LogP contribution in [0.15, 0.2) is 48.5 Å². The van der Waals surface area contributed by atoms with E-state index in [2.05, 4.69) is 0 Å². The molecule has 0 saturated heterocycles. The Kier molecular flexibility index (Phi) is 6.59. The molecule has 0 aromatic heterocycles. The van der Waals surface area contributed by atoms with Crippen molar-refractivity contribution in [3.63, 3.8) is 0 Å². The van der Waals surface area contributed by atoms with Gasteiger partial charge in [0, 0.05) is 11.4 Å². The van der Waals surface area contributed by atoms with Crippen LogP contribution in [0, 0.1) is 0 Å². The third-order valence-corrected chi connectivity index (χ3v) is 8.57. The Bertz CT molecular complexity index is 1080. The fraction of sp³-hybridized carbons (Fsp3) is 0.250. The number of rotatable bonds is 8. The van der Waals surface area contributed by atoms with Gasteiger partial charge in [-0.1, -0.05) is 24.3 Å². The van der Waals surface area contributed by atoms with E-state index in [1.807, 2.05) is 0 Å². The van der Waals surface area contributed by atoms with Crippen molar-refractivity contribution < 1.29 is 34.4 Å². The zero-order chi connectivity index (χ0) is 22.0. The van der Waals surface area contributed by atoms with Crippen molar-refractivity contribution in [3.05, 3.63) is 59.7 Å². The Morgan fingerprint density at radius 1 is 0.621 bits per heavy atom. The van der Waals surface area contributed by atoms with Gasteiger partial charge in [-0.15, -0.1) is 0 Å². The molecule has 0 saturated carbocycles. The van der Waals surface area contributed by atoms with Crippen molar-refractivity contribution in [3.8, 4) is 0 Å². The van der Waals surface area contributed by atoms with Crippen LogP contribution in [-0.2, 0) is 30.1 Å². The van der Waals surface area contributed by atoms with Gasteiger partial charge in [0.25, 0.3) is 20.2 Å². The van der Waals surface area contributed by atoms with E-state index < -0.39 is 52.1 Å². The summed E-state index contributed by atoms with van der Waals surface area (Å²) in [5.41, 5.74) is 11.5. The third-order valence-electron chi connectivity index (χ3n) is 4.15. The number of sulfone groups is 1. The fourth-order valence-corrected chi connectivity index (χ4v) is 7.72. The number of hydrogen-bond acceptors (Lipinski definition) is 8. The van der Waals surface area contributed by atoms with E-state index in [4.69, 9.17) is 11.5 Å². The standard InChI is InChI=1S/C16H20N2O8S3/c17-13-5-1-11(2-6-13)15(28(21,22)23)9-27(19,20)10-16(29(24,25)26)12-3-7-14(18)8-4-12/h1-8,15-16H,9-10,17-18H2,(H,21,22,23)(H,24,25,26). The van der Waals surface area contributed by atoms with Gasteiger partial charge in [-0.05, 0) is 35.4 Å². The molecule has 2 atom stereocenters. The Hall–Kier alpha value is -2.19. The molecule has 0 aliphatic heterocycles. The van der Waals surface area contributed by atoms with Gasteiger partial charge in [0.1, 0.15) is 10.5 Å². The van der Waals surface area contributed by atoms with Crippen molar-refractivity contribution in [2.45, 2.75) is 10.5 Å². The number of anilines is 2. The first-order chi connectivity index (χ1) is 13.2. The Balaban J connectivity index is 2.40. The van der Waals surface area contributed by atoms with E-state index in [1.54, 1.807) is 0 Å². The van der Waals surface area contributed by atoms with Gasteiger partial charge in [-0.25, -0.2) is 8.42 Å². The average molecular weight is 465 g/mol. The highest BCUT2D eigenvalue weighted by Crippen LogP contribution is 2.29. The van der Waals surface area contributed by atoms with Gasteiger partial charge in [0.2, 0.25) is 0 Å². The van der Waals surface area contributed by atoms with Crippen LogP contribution < -0.4 is 11.5 Å². The fourth-order valence-electron chi connectivity index (χ4n) is 2.66. The van der Waals surface area contributed by atoms with E-state index in [9.17, 15) is 34.4 Å². The highest BCUT2D eigenvalue weighted by Gasteiger charge is 2.36. The maximum Gasteiger partial charge on any atom is 0.273 e. The molecule has 10 nitrogen and oxygen atoms in total. The summed E-state index contributed by atoms with van der Waals surface area (Å²) in [4.78, 5) is 0. The highest BCUT2D eigenvalue weighted by atomic mass is 32.2. The summed E-state index contributed by atoms with van der Waals surface area (Å²) < 4.78 is 91.3. The van der Waals surface area contributed by atoms with Crippen LogP contribution in [0.1, 0.15) is 21.6 Å². The van der Waals surface area contributed by atoms with Crippen LogP contribution in [0.3, 0.4) is 0 Å². The second kappa shape index (κ2) is 8.28. The summed E-state index contributed by atoms with van der Waals surface area (Å²) in [5.74, 6) is -2.20. The summed E-state index contributed by atoms with van der Waals surface area (Å²) >= 11 is 0. The zero-order valence-electron chi connectivity index (χ0n) is 14.9. The Morgan fingerprint density at radius 3 is 1.14 bits per heavy atom. The van der Waals surface area contributed by atoms with E-state index in [0.29, 0.717) is 11.4 Å². The molecule has 2 rings (SSSR count). The second-order valence-corrected chi connectivity index (χ2v) is 11.8. The molecule has 2 aromatic rings. The maximum absolute atomic E-state index is 12.6. The molecule has 0 fully saturated rings. The van der Waals surface area contributed by atoms with Crippen molar-refractivity contribution in [1.82, 2.24) is 0 Å². The first-order valence-electron chi connectivity index (χ1n) is 8.03. The maximum atomic E-state index is 12.6. The summed E-state index contributed by atoms with van der Waals surface area (Å²) in [7, 11) is -14.1. The van der Waals surface area contributed by atoms with Gasteiger partial charge >= 0.3 is 0 Å². The van der Waals surface area contributed by atoms with Crippen molar-refractivity contribution in [1.29, 1.82) is 0 Å². The number of nitrogen functional groups attached to an aromatic ring is 2. The molecule has 13 heteroatoms. The minimum Gasteiger partial charge on any atom is -0.399 e. The van der Waals surface area contributed by atoms with Crippen LogP contribution in [0.25, 0.3) is 0 Å². The highest BCUT2D eigenvalue weighted by molar-refractivity contribution is 7.94. The molecule has 0 aliphatic rings. The second-order valence-electron chi connectivity index (χ2n) is 6.42. The van der Waals surface area contributed by atoms with Gasteiger partial charge in [-0.2, -0.15) is 16.8 Å². The summed E-state index contributed by atoms with van der Waals surface area (Å²) in [6, 6.07) is 10.3. The lowest BCUT2D eigenvalue weighted by atomic mass is 10.1. The predicted octanol–water partition coefficient (Wildman–Crippen LogP) is 0.824. The van der Waals surface area contributed by atoms with E-state index >= 15 is 0 Å². The molecule has 160 valence electrons. The van der Waals surface area contributed by atoms with Crippen LogP contribution >= 0.6 is 0 Å². The molecule has 6 N–H and O–H groups in total. The molecule has 0 spiro atoms. The molecule has 0 bridgehead atoms. The first-order valence-corrected chi connectivity index (χ1v) is 12.9. The van der Waals surface area contributed by atoms with Crippen molar-refractivity contribution >= 4 is 41.4 Å². The summed E-state index contributed by atoms with van der Waals surface area (Å²) in [6.07, 6.45) is 0. The molecule has 2 unspecified atom stereocenters. The topological polar surface area (TPSA) is 195 Å². The van der Waals surface area contributed by atoms with Crippen LogP contribution in [0.4, 0.5) is 11.4 Å². The Labute approximate surface area is 169 Å². The van der Waals surface area contributed by atoms with Gasteiger partial charge in [0.15, 0.2) is 9.84 Å². The predicted molar refractivity (Wildman–Crippen MR) is 109 cm³/mol. The lowest BCUT2D eigenvalue weighted by molar-refractivity contribution is 0.470. The number of hydrogen-bond donors (Lipinski definition) is 4. The SMILES string of the molecule is Nc1ccc(C(CS(=O)(=O)CC(c2ccc(N)cc2)S(=O)(=O)O)S(=O)(=O)O)cc1. The molecule has 0 amide bonds. The largest absolute Gasteiger partial charge is 0.399 e. The minimum absolute atomic E-state index is 0.0406. The minimum atomic E-state index is -4.85. The monoisotopic (exact) mass is 464 g/mol. The number of nitrogens with two attached hydrogens (primary N) is 2. The van der Waals surface area contributed by atoms with Crippen LogP contribution in [0.2, 0.25) is 0 Å².